The van der Waals surface area contributed by atoms with Gasteiger partial charge in [0.25, 0.3) is 0 Å². The van der Waals surface area contributed by atoms with E-state index in [1.54, 1.807) is 26.2 Å². The van der Waals surface area contributed by atoms with E-state index in [1.165, 1.54) is 0 Å². The van der Waals surface area contributed by atoms with Crippen LogP contribution in [0.5, 0.6) is 5.75 Å². The fraction of sp³-hybridized carbons (Fsp3) is 0.278. The lowest BCUT2D eigenvalue weighted by Gasteiger charge is -2.15. The maximum absolute atomic E-state index is 12.5. The average molecular weight is 331 g/mol. The summed E-state index contributed by atoms with van der Waals surface area (Å²) < 4.78 is 17.7. The zero-order chi connectivity index (χ0) is 16.8. The Morgan fingerprint density at radius 1 is 1.17 bits per heavy atom. The molecule has 0 saturated heterocycles. The first-order chi connectivity index (χ1) is 11.0. The summed E-state index contributed by atoms with van der Waals surface area (Å²) in [7, 11) is 0.255. The molecule has 0 radical (unpaired) electrons. The van der Waals surface area contributed by atoms with Gasteiger partial charge in [0.1, 0.15) is 11.0 Å². The van der Waals surface area contributed by atoms with Crippen molar-refractivity contribution >= 4 is 22.4 Å². The summed E-state index contributed by atoms with van der Waals surface area (Å²) in [5, 5.41) is 2.17. The number of hydrogen-bond donors (Lipinski definition) is 1. The molecule has 2 aromatic rings. The Labute approximate surface area is 139 Å². The Morgan fingerprint density at radius 3 is 2.52 bits per heavy atom. The second kappa shape index (κ2) is 7.92. The third-order valence-corrected chi connectivity index (χ3v) is 5.29. The van der Waals surface area contributed by atoms with Gasteiger partial charge in [-0.3, -0.25) is 9.00 Å². The number of ether oxygens (including phenoxy) is 1. The van der Waals surface area contributed by atoms with E-state index in [9.17, 15) is 9.00 Å². The normalized spacial score (nSPS) is 13.2. The monoisotopic (exact) mass is 331 g/mol. The fourth-order valence-corrected chi connectivity index (χ4v) is 3.33. The van der Waals surface area contributed by atoms with E-state index >= 15 is 0 Å². The van der Waals surface area contributed by atoms with Gasteiger partial charge in [0.2, 0.25) is 5.91 Å². The van der Waals surface area contributed by atoms with Crippen LogP contribution in [0, 0.1) is 6.92 Å². The molecule has 0 aliphatic carbocycles. The lowest BCUT2D eigenvalue weighted by molar-refractivity contribution is -0.115. The minimum Gasteiger partial charge on any atom is -0.495 e. The molecule has 2 aromatic carbocycles. The number of nitrogens with one attached hydrogen (secondary N) is 1. The van der Waals surface area contributed by atoms with Gasteiger partial charge in [-0.2, -0.15) is 0 Å². The van der Waals surface area contributed by atoms with E-state index in [4.69, 9.17) is 4.74 Å². The largest absolute Gasteiger partial charge is 0.495 e. The van der Waals surface area contributed by atoms with Crippen LogP contribution in [0.4, 0.5) is 5.69 Å². The molecule has 2 rings (SSSR count). The highest BCUT2D eigenvalue weighted by atomic mass is 32.2. The molecule has 0 heterocycles. The van der Waals surface area contributed by atoms with Crippen LogP contribution in [-0.2, 0) is 21.3 Å². The summed E-state index contributed by atoms with van der Waals surface area (Å²) >= 11 is 0. The second-order valence-electron chi connectivity index (χ2n) is 5.28. The van der Waals surface area contributed by atoms with Crippen molar-refractivity contribution in [1.29, 1.82) is 0 Å². The minimum absolute atomic E-state index is 0.276. The van der Waals surface area contributed by atoms with Crippen LogP contribution in [0.25, 0.3) is 0 Å². The number of benzene rings is 2. The van der Waals surface area contributed by atoms with Crippen LogP contribution in [0.15, 0.2) is 48.5 Å². The summed E-state index contributed by atoms with van der Waals surface area (Å²) in [6, 6.07) is 14.9. The topological polar surface area (TPSA) is 55.4 Å². The van der Waals surface area contributed by atoms with E-state index < -0.39 is 16.0 Å². The first kappa shape index (κ1) is 17.2. The summed E-state index contributed by atoms with van der Waals surface area (Å²) in [4.78, 5) is 12.3. The number of amides is 1. The number of hydrogen-bond acceptors (Lipinski definition) is 3. The molecule has 1 N–H and O–H groups in total. The van der Waals surface area contributed by atoms with Crippen LogP contribution in [0.1, 0.15) is 18.1 Å². The highest BCUT2D eigenvalue weighted by molar-refractivity contribution is 7.85. The molecule has 2 atom stereocenters. The Bertz CT molecular complexity index is 715. The third-order valence-electron chi connectivity index (χ3n) is 3.69. The Hall–Kier alpha value is -2.14. The van der Waals surface area contributed by atoms with Crippen LogP contribution in [-0.4, -0.2) is 22.5 Å². The molecule has 1 amide bonds. The molecule has 122 valence electrons. The van der Waals surface area contributed by atoms with Crippen LogP contribution in [0.3, 0.4) is 0 Å². The smallest absolute Gasteiger partial charge is 0.239 e. The maximum Gasteiger partial charge on any atom is 0.239 e. The predicted molar refractivity (Wildman–Crippen MR) is 94.1 cm³/mol. The molecular formula is C18H21NO3S. The van der Waals surface area contributed by atoms with Gasteiger partial charge in [-0.15, -0.1) is 0 Å². The average Bonchev–Trinajstić information content (AvgIpc) is 2.56. The standard InChI is InChI=1S/C18H21NO3S/c1-13-8-4-5-9-15(13)12-23(21)14(2)18(20)19-16-10-6-7-11-17(16)22-3/h4-11,14H,12H2,1-3H3,(H,19,20). The second-order valence-corrected chi connectivity index (χ2v) is 7.04. The molecule has 0 aliphatic heterocycles. The van der Waals surface area contributed by atoms with Gasteiger partial charge in [-0.25, -0.2) is 0 Å². The van der Waals surface area contributed by atoms with Gasteiger partial charge in [0, 0.05) is 16.6 Å². The van der Waals surface area contributed by atoms with Crippen molar-refractivity contribution in [3.8, 4) is 5.75 Å². The van der Waals surface area contributed by atoms with Gasteiger partial charge in [-0.05, 0) is 37.1 Å². The molecule has 4 nitrogen and oxygen atoms in total. The number of aryl methyl sites for hydroxylation is 1. The minimum atomic E-state index is -1.29. The number of carbonyl (C=O) groups is 1. The van der Waals surface area contributed by atoms with Crippen molar-refractivity contribution in [2.45, 2.75) is 24.9 Å². The van der Waals surface area contributed by atoms with Gasteiger partial charge >= 0.3 is 0 Å². The highest BCUT2D eigenvalue weighted by Crippen LogP contribution is 2.23. The van der Waals surface area contributed by atoms with Crippen LogP contribution in [0.2, 0.25) is 0 Å². The molecule has 0 aliphatic rings. The molecule has 5 heteroatoms. The van der Waals surface area contributed by atoms with Crippen molar-refractivity contribution < 1.29 is 13.7 Å². The van der Waals surface area contributed by atoms with Gasteiger partial charge in [0.05, 0.1) is 12.8 Å². The van der Waals surface area contributed by atoms with Crippen molar-refractivity contribution in [3.63, 3.8) is 0 Å². The molecule has 0 saturated carbocycles. The number of carbonyl (C=O) groups excluding carboxylic acids is 1. The fourth-order valence-electron chi connectivity index (χ4n) is 2.15. The van der Waals surface area contributed by atoms with Crippen molar-refractivity contribution in [3.05, 3.63) is 59.7 Å². The SMILES string of the molecule is COc1ccccc1NC(=O)C(C)S(=O)Cc1ccccc1C. The number of para-hydroxylation sites is 2. The van der Waals surface area contributed by atoms with Crippen LogP contribution >= 0.6 is 0 Å². The Morgan fingerprint density at radius 2 is 1.83 bits per heavy atom. The highest BCUT2D eigenvalue weighted by Gasteiger charge is 2.21. The number of anilines is 1. The summed E-state index contributed by atoms with van der Waals surface area (Å²) in [5.74, 6) is 0.673. The first-order valence-corrected chi connectivity index (χ1v) is 8.76. The summed E-state index contributed by atoms with van der Waals surface area (Å²) in [6.07, 6.45) is 0. The molecule has 23 heavy (non-hydrogen) atoms. The van der Waals surface area contributed by atoms with Crippen LogP contribution < -0.4 is 10.1 Å². The zero-order valence-corrected chi connectivity index (χ0v) is 14.4. The van der Waals surface area contributed by atoms with E-state index in [0.717, 1.165) is 11.1 Å². The lowest BCUT2D eigenvalue weighted by atomic mass is 10.1. The quantitative estimate of drug-likeness (QED) is 0.884. The van der Waals surface area contributed by atoms with Crippen molar-refractivity contribution in [2.24, 2.45) is 0 Å². The van der Waals surface area contributed by atoms with Gasteiger partial charge in [-0.1, -0.05) is 36.4 Å². The zero-order valence-electron chi connectivity index (χ0n) is 13.5. The molecule has 0 fully saturated rings. The molecular weight excluding hydrogens is 310 g/mol. The van der Waals surface area contributed by atoms with Gasteiger partial charge in [0.15, 0.2) is 0 Å². The molecule has 0 bridgehead atoms. The lowest BCUT2D eigenvalue weighted by Crippen LogP contribution is -2.30. The molecule has 2 unspecified atom stereocenters. The molecule has 0 spiro atoms. The third kappa shape index (κ3) is 4.42. The van der Waals surface area contributed by atoms with E-state index in [1.807, 2.05) is 43.3 Å². The number of methoxy groups -OCH3 is 1. The number of rotatable bonds is 6. The van der Waals surface area contributed by atoms with Crippen molar-refractivity contribution in [2.75, 3.05) is 12.4 Å². The summed E-state index contributed by atoms with van der Waals surface area (Å²) in [6.45, 7) is 3.66. The maximum atomic E-state index is 12.5. The van der Waals surface area contributed by atoms with Crippen molar-refractivity contribution in [1.82, 2.24) is 0 Å². The van der Waals surface area contributed by atoms with Gasteiger partial charge < -0.3 is 10.1 Å². The molecule has 0 aromatic heterocycles. The van der Waals surface area contributed by atoms with E-state index in [2.05, 4.69) is 5.32 Å². The first-order valence-electron chi connectivity index (χ1n) is 7.38. The van der Waals surface area contributed by atoms with E-state index in [0.29, 0.717) is 17.2 Å². The summed E-state index contributed by atoms with van der Waals surface area (Å²) in [5.41, 5.74) is 2.67. The van der Waals surface area contributed by atoms with E-state index in [-0.39, 0.29) is 5.91 Å². The Balaban J connectivity index is 2.04. The predicted octanol–water partition coefficient (Wildman–Crippen LogP) is 3.28. The Kier molecular flexibility index (Phi) is 5.93.